The second-order valence-electron chi connectivity index (χ2n) is 8.74. The minimum Gasteiger partial charge on any atom is -0.389 e. The zero-order valence-electron chi connectivity index (χ0n) is 17.8. The number of aliphatic hydroxyl groups excluding tert-OH is 1. The van der Waals surface area contributed by atoms with Crippen LogP contribution in [0.5, 0.6) is 0 Å². The number of hydrogen-bond acceptors (Lipinski definition) is 5. The van der Waals surface area contributed by atoms with Crippen molar-refractivity contribution in [3.05, 3.63) is 28.2 Å². The molecule has 1 aromatic rings. The monoisotopic (exact) mass is 485 g/mol. The molecule has 3 fully saturated rings. The zero-order valence-corrected chi connectivity index (χ0v) is 19.3. The lowest BCUT2D eigenvalue weighted by atomic mass is 9.92. The number of carbonyl (C=O) groups is 2. The molecule has 0 unspecified atom stereocenters. The number of aliphatic hydroxyl groups is 1. The number of nitrogens with zero attached hydrogens (tertiary/aromatic N) is 1. The molecule has 32 heavy (non-hydrogen) atoms. The van der Waals surface area contributed by atoms with Gasteiger partial charge in [-0.25, -0.2) is 4.79 Å². The summed E-state index contributed by atoms with van der Waals surface area (Å²) in [5.74, 6) is 0.00884. The quantitative estimate of drug-likeness (QED) is 0.607. The van der Waals surface area contributed by atoms with Crippen molar-refractivity contribution >= 4 is 40.8 Å². The molecule has 4 rings (SSSR count). The summed E-state index contributed by atoms with van der Waals surface area (Å²) in [5, 5.41) is 16.9. The van der Waals surface area contributed by atoms with E-state index in [2.05, 4.69) is 10.6 Å². The van der Waals surface area contributed by atoms with Crippen LogP contribution in [0.3, 0.4) is 0 Å². The highest BCUT2D eigenvalue weighted by Crippen LogP contribution is 2.30. The van der Waals surface area contributed by atoms with Crippen LogP contribution in [0.4, 0.5) is 10.5 Å². The maximum Gasteiger partial charge on any atom is 0.322 e. The van der Waals surface area contributed by atoms with Crippen molar-refractivity contribution in [2.45, 2.75) is 68.9 Å². The lowest BCUT2D eigenvalue weighted by Crippen LogP contribution is -2.58. The van der Waals surface area contributed by atoms with Gasteiger partial charge in [0.05, 0.1) is 54.5 Å². The largest absolute Gasteiger partial charge is 0.389 e. The topological polar surface area (TPSA) is 100 Å². The average molecular weight is 486 g/mol. The zero-order chi connectivity index (χ0) is 22.7. The molecular weight excluding hydrogens is 457 g/mol. The van der Waals surface area contributed by atoms with Gasteiger partial charge in [-0.3, -0.25) is 4.79 Å². The van der Waals surface area contributed by atoms with E-state index >= 15 is 0 Å². The second-order valence-corrected chi connectivity index (χ2v) is 9.56. The van der Waals surface area contributed by atoms with Crippen molar-refractivity contribution in [1.82, 2.24) is 10.2 Å². The molecule has 3 aliphatic rings. The number of nitrogens with one attached hydrogen (secondary N) is 2. The number of amides is 3. The Labute approximate surface area is 197 Å². The van der Waals surface area contributed by atoms with Crippen molar-refractivity contribution in [1.29, 1.82) is 0 Å². The Kier molecular flexibility index (Phi) is 7.78. The predicted molar refractivity (Wildman–Crippen MR) is 121 cm³/mol. The molecular formula is C22H29Cl2N3O5. The first kappa shape index (κ1) is 23.6. The normalized spacial score (nSPS) is 28.7. The average Bonchev–Trinajstić information content (AvgIpc) is 2.71. The van der Waals surface area contributed by atoms with Crippen molar-refractivity contribution in [3.8, 4) is 0 Å². The van der Waals surface area contributed by atoms with Gasteiger partial charge in [-0.2, -0.15) is 0 Å². The fourth-order valence-corrected chi connectivity index (χ4v) is 4.69. The van der Waals surface area contributed by atoms with Crippen LogP contribution in [0, 0.1) is 0 Å². The van der Waals surface area contributed by atoms with E-state index in [0.717, 1.165) is 19.3 Å². The Bertz CT molecular complexity index is 838. The molecule has 1 aromatic carbocycles. The summed E-state index contributed by atoms with van der Waals surface area (Å²) in [6.07, 6.45) is 3.45. The van der Waals surface area contributed by atoms with E-state index < -0.39 is 6.10 Å². The van der Waals surface area contributed by atoms with Gasteiger partial charge in [0.15, 0.2) is 0 Å². The number of hydrogen-bond donors (Lipinski definition) is 3. The van der Waals surface area contributed by atoms with E-state index in [0.29, 0.717) is 41.0 Å². The molecule has 3 N–H and O–H groups in total. The summed E-state index contributed by atoms with van der Waals surface area (Å²) in [6.45, 7) is 0.472. The first-order chi connectivity index (χ1) is 15.4. The number of ether oxygens (including phenoxy) is 2. The maximum atomic E-state index is 13.1. The van der Waals surface area contributed by atoms with E-state index in [9.17, 15) is 14.7 Å². The number of β-amino-alcohol motifs (C(OH)–C–C–N with tert-alkyl or cyclic N) is 1. The highest BCUT2D eigenvalue weighted by Gasteiger charge is 2.40. The number of halogens is 2. The standard InChI is InChI=1S/C22H29Cl2N3O5/c23-17-6-4-14(8-18(17)24)26-22(30)27-10-15(28)11-31-12-20-19(27)7-5-16(32-20)9-21(29)25-13-2-1-3-13/h4,6,8,13,15-16,19-20,28H,1-3,5,7,9-12H2,(H,25,29)(H,26,30)/t15-,16+,19+,20-/m1/s1. The lowest BCUT2D eigenvalue weighted by Gasteiger charge is -2.44. The summed E-state index contributed by atoms with van der Waals surface area (Å²) in [4.78, 5) is 27.0. The molecule has 0 aromatic heterocycles. The van der Waals surface area contributed by atoms with Gasteiger partial charge in [0.1, 0.15) is 6.10 Å². The number of benzene rings is 1. The third-order valence-electron chi connectivity index (χ3n) is 6.30. The molecule has 4 atom stereocenters. The molecule has 0 spiro atoms. The second kappa shape index (κ2) is 10.6. The van der Waals surface area contributed by atoms with Gasteiger partial charge in [0.2, 0.25) is 5.91 Å². The molecule has 10 heteroatoms. The van der Waals surface area contributed by atoms with Crippen LogP contribution in [0.25, 0.3) is 0 Å². The molecule has 0 radical (unpaired) electrons. The molecule has 1 saturated carbocycles. The number of anilines is 1. The van der Waals surface area contributed by atoms with Crippen LogP contribution in [0.1, 0.15) is 38.5 Å². The van der Waals surface area contributed by atoms with Crippen molar-refractivity contribution < 1.29 is 24.2 Å². The molecule has 1 aliphatic carbocycles. The molecule has 2 heterocycles. The molecule has 3 amide bonds. The van der Waals surface area contributed by atoms with Gasteiger partial charge < -0.3 is 30.1 Å². The molecule has 176 valence electrons. The van der Waals surface area contributed by atoms with Gasteiger partial charge in [0, 0.05) is 11.7 Å². The Hall–Kier alpha value is -1.58. The first-order valence-corrected chi connectivity index (χ1v) is 11.9. The maximum absolute atomic E-state index is 13.1. The van der Waals surface area contributed by atoms with Crippen LogP contribution in [0.2, 0.25) is 10.0 Å². The Morgan fingerprint density at radius 2 is 1.94 bits per heavy atom. The predicted octanol–water partition coefficient (Wildman–Crippen LogP) is 3.19. The fraction of sp³-hybridized carbons (Fsp3) is 0.636. The van der Waals surface area contributed by atoms with Crippen molar-refractivity contribution in [2.24, 2.45) is 0 Å². The minimum atomic E-state index is -0.804. The number of rotatable bonds is 4. The smallest absolute Gasteiger partial charge is 0.322 e. The fourth-order valence-electron chi connectivity index (χ4n) is 4.39. The van der Waals surface area contributed by atoms with E-state index in [1.807, 2.05) is 0 Å². The molecule has 8 nitrogen and oxygen atoms in total. The Morgan fingerprint density at radius 3 is 2.66 bits per heavy atom. The third kappa shape index (κ3) is 5.85. The van der Waals surface area contributed by atoms with Gasteiger partial charge >= 0.3 is 6.03 Å². The van der Waals surface area contributed by atoms with Gasteiger partial charge in [0.25, 0.3) is 0 Å². The van der Waals surface area contributed by atoms with E-state index in [-0.39, 0.29) is 49.9 Å². The van der Waals surface area contributed by atoms with Crippen LogP contribution < -0.4 is 10.6 Å². The van der Waals surface area contributed by atoms with Gasteiger partial charge in [-0.05, 0) is 50.3 Å². The minimum absolute atomic E-state index is 0.00884. The highest BCUT2D eigenvalue weighted by atomic mass is 35.5. The summed E-state index contributed by atoms with van der Waals surface area (Å²) in [7, 11) is 0. The van der Waals surface area contributed by atoms with E-state index in [1.54, 1.807) is 23.1 Å². The van der Waals surface area contributed by atoms with Gasteiger partial charge in [-0.15, -0.1) is 0 Å². The summed E-state index contributed by atoms with van der Waals surface area (Å²) in [6, 6.07) is 4.52. The number of carbonyl (C=O) groups excluding carboxylic acids is 2. The Morgan fingerprint density at radius 1 is 1.12 bits per heavy atom. The van der Waals surface area contributed by atoms with Crippen LogP contribution >= 0.6 is 23.2 Å². The van der Waals surface area contributed by atoms with E-state index in [4.69, 9.17) is 32.7 Å². The van der Waals surface area contributed by atoms with Crippen LogP contribution in [-0.4, -0.2) is 72.1 Å². The molecule has 0 bridgehead atoms. The number of fused-ring (bicyclic) bond motifs is 1. The van der Waals surface area contributed by atoms with Crippen molar-refractivity contribution in [3.63, 3.8) is 0 Å². The number of urea groups is 1. The third-order valence-corrected chi connectivity index (χ3v) is 7.04. The van der Waals surface area contributed by atoms with Crippen molar-refractivity contribution in [2.75, 3.05) is 25.1 Å². The summed E-state index contributed by atoms with van der Waals surface area (Å²) < 4.78 is 11.8. The summed E-state index contributed by atoms with van der Waals surface area (Å²) >= 11 is 12.0. The van der Waals surface area contributed by atoms with Crippen LogP contribution in [0.15, 0.2) is 18.2 Å². The Balaban J connectivity index is 1.40. The van der Waals surface area contributed by atoms with E-state index in [1.165, 1.54) is 0 Å². The van der Waals surface area contributed by atoms with Crippen LogP contribution in [-0.2, 0) is 14.3 Å². The first-order valence-electron chi connectivity index (χ1n) is 11.1. The molecule has 2 saturated heterocycles. The van der Waals surface area contributed by atoms with Gasteiger partial charge in [-0.1, -0.05) is 23.2 Å². The SMILES string of the molecule is O=C(C[C@@H]1CC[C@H]2[C@@H](COC[C@H](O)CN2C(=O)Nc2ccc(Cl)c(Cl)c2)O1)NC1CCC1. The summed E-state index contributed by atoms with van der Waals surface area (Å²) in [5.41, 5.74) is 0.510. The molecule has 2 aliphatic heterocycles. The lowest BCUT2D eigenvalue weighted by molar-refractivity contribution is -0.150. The highest BCUT2D eigenvalue weighted by molar-refractivity contribution is 6.42.